The van der Waals surface area contributed by atoms with E-state index in [1.165, 1.54) is 0 Å². The molecule has 0 bridgehead atoms. The Morgan fingerprint density at radius 1 is 1.40 bits per heavy atom. The summed E-state index contributed by atoms with van der Waals surface area (Å²) < 4.78 is 0. The molecule has 0 fully saturated rings. The molecule has 0 saturated heterocycles. The summed E-state index contributed by atoms with van der Waals surface area (Å²) in [6.45, 7) is 2.08. The van der Waals surface area contributed by atoms with Gasteiger partial charge in [0.25, 0.3) is 0 Å². The first-order valence-corrected chi connectivity index (χ1v) is 6.04. The summed E-state index contributed by atoms with van der Waals surface area (Å²) in [6.07, 6.45) is 2.22. The van der Waals surface area contributed by atoms with Crippen LogP contribution >= 0.6 is 11.8 Å². The van der Waals surface area contributed by atoms with Gasteiger partial charge < -0.3 is 5.11 Å². The second-order valence-electron chi connectivity index (χ2n) is 3.44. The molecule has 3 heteroatoms. The van der Waals surface area contributed by atoms with Crippen LogP contribution in [0.3, 0.4) is 0 Å². The monoisotopic (exact) mass is 224 g/mol. The number of carboxylic acid groups (broad SMARTS) is 1. The average molecular weight is 224 g/mol. The van der Waals surface area contributed by atoms with Gasteiger partial charge in [0.1, 0.15) is 0 Å². The molecule has 2 nitrogen and oxygen atoms in total. The van der Waals surface area contributed by atoms with Crippen molar-refractivity contribution in [2.24, 2.45) is 0 Å². The van der Waals surface area contributed by atoms with E-state index in [1.807, 2.05) is 30.3 Å². The van der Waals surface area contributed by atoms with Crippen molar-refractivity contribution in [1.82, 2.24) is 0 Å². The van der Waals surface area contributed by atoms with Crippen LogP contribution in [-0.4, -0.2) is 16.3 Å². The van der Waals surface area contributed by atoms with Gasteiger partial charge in [0.05, 0.1) is 6.42 Å². The summed E-state index contributed by atoms with van der Waals surface area (Å²) >= 11 is 1.66. The average Bonchev–Trinajstić information content (AvgIpc) is 2.18. The SMILES string of the molecule is CCCC(CC(=O)O)Sc1ccccc1. The van der Waals surface area contributed by atoms with Crippen LogP contribution in [0.15, 0.2) is 35.2 Å². The fourth-order valence-corrected chi connectivity index (χ4v) is 2.69. The van der Waals surface area contributed by atoms with Crippen molar-refractivity contribution in [2.75, 3.05) is 0 Å². The second-order valence-corrected chi connectivity index (χ2v) is 4.81. The minimum Gasteiger partial charge on any atom is -0.481 e. The Labute approximate surface area is 94.7 Å². The van der Waals surface area contributed by atoms with Crippen molar-refractivity contribution in [1.29, 1.82) is 0 Å². The highest BCUT2D eigenvalue weighted by molar-refractivity contribution is 8.00. The molecule has 82 valence electrons. The van der Waals surface area contributed by atoms with Gasteiger partial charge in [-0.3, -0.25) is 4.79 Å². The number of rotatable bonds is 6. The highest BCUT2D eigenvalue weighted by Gasteiger charge is 2.13. The van der Waals surface area contributed by atoms with E-state index < -0.39 is 5.97 Å². The third kappa shape index (κ3) is 4.88. The van der Waals surface area contributed by atoms with E-state index in [9.17, 15) is 4.79 Å². The van der Waals surface area contributed by atoms with Crippen molar-refractivity contribution >= 4 is 17.7 Å². The van der Waals surface area contributed by atoms with E-state index in [1.54, 1.807) is 11.8 Å². The van der Waals surface area contributed by atoms with Crippen LogP contribution in [0, 0.1) is 0 Å². The summed E-state index contributed by atoms with van der Waals surface area (Å²) in [5, 5.41) is 8.96. The van der Waals surface area contributed by atoms with Crippen LogP contribution < -0.4 is 0 Å². The molecular formula is C12H16O2S. The van der Waals surface area contributed by atoms with Crippen LogP contribution in [0.5, 0.6) is 0 Å². The Morgan fingerprint density at radius 3 is 2.60 bits per heavy atom. The molecular weight excluding hydrogens is 208 g/mol. The number of hydrogen-bond acceptors (Lipinski definition) is 2. The van der Waals surface area contributed by atoms with Crippen molar-refractivity contribution in [2.45, 2.75) is 36.3 Å². The normalized spacial score (nSPS) is 12.3. The Bertz CT molecular complexity index is 298. The highest BCUT2D eigenvalue weighted by Crippen LogP contribution is 2.28. The molecule has 1 aromatic carbocycles. The molecule has 0 amide bonds. The second kappa shape index (κ2) is 6.51. The first-order valence-electron chi connectivity index (χ1n) is 5.16. The molecule has 1 aromatic rings. The highest BCUT2D eigenvalue weighted by atomic mass is 32.2. The van der Waals surface area contributed by atoms with Gasteiger partial charge in [-0.15, -0.1) is 11.8 Å². The van der Waals surface area contributed by atoms with Crippen molar-refractivity contribution in [3.05, 3.63) is 30.3 Å². The minimum absolute atomic E-state index is 0.190. The zero-order valence-electron chi connectivity index (χ0n) is 8.85. The Balaban J connectivity index is 2.54. The lowest BCUT2D eigenvalue weighted by molar-refractivity contribution is -0.137. The quantitative estimate of drug-likeness (QED) is 0.752. The van der Waals surface area contributed by atoms with E-state index in [4.69, 9.17) is 5.11 Å². The standard InChI is InChI=1S/C12H16O2S/c1-2-6-11(9-12(13)14)15-10-7-4-3-5-8-10/h3-5,7-8,11H,2,6,9H2,1H3,(H,13,14). The Morgan fingerprint density at radius 2 is 2.07 bits per heavy atom. The Kier molecular flexibility index (Phi) is 5.26. The zero-order chi connectivity index (χ0) is 11.1. The van der Waals surface area contributed by atoms with Gasteiger partial charge in [-0.1, -0.05) is 31.5 Å². The van der Waals surface area contributed by atoms with Crippen LogP contribution in [0.1, 0.15) is 26.2 Å². The smallest absolute Gasteiger partial charge is 0.304 e. The molecule has 0 radical (unpaired) electrons. The van der Waals surface area contributed by atoms with E-state index in [0.29, 0.717) is 0 Å². The molecule has 0 saturated carbocycles. The lowest BCUT2D eigenvalue weighted by Crippen LogP contribution is -2.09. The van der Waals surface area contributed by atoms with Crippen LogP contribution in [0.25, 0.3) is 0 Å². The van der Waals surface area contributed by atoms with Crippen molar-refractivity contribution in [3.8, 4) is 0 Å². The van der Waals surface area contributed by atoms with Crippen LogP contribution in [0.2, 0.25) is 0 Å². The molecule has 0 aliphatic carbocycles. The molecule has 1 N–H and O–H groups in total. The minimum atomic E-state index is -0.711. The first kappa shape index (κ1) is 12.1. The van der Waals surface area contributed by atoms with Crippen molar-refractivity contribution in [3.63, 3.8) is 0 Å². The maximum absolute atomic E-state index is 10.7. The number of benzene rings is 1. The fraction of sp³-hybridized carbons (Fsp3) is 0.417. The Hall–Kier alpha value is -0.960. The van der Waals surface area contributed by atoms with E-state index in [2.05, 4.69) is 6.92 Å². The molecule has 0 aromatic heterocycles. The predicted molar refractivity (Wildman–Crippen MR) is 63.2 cm³/mol. The molecule has 1 unspecified atom stereocenters. The number of carbonyl (C=O) groups is 1. The van der Waals surface area contributed by atoms with Crippen LogP contribution in [0.4, 0.5) is 0 Å². The van der Waals surface area contributed by atoms with E-state index >= 15 is 0 Å². The summed E-state index contributed by atoms with van der Waals surface area (Å²) in [7, 11) is 0. The third-order valence-corrected chi connectivity index (χ3v) is 3.34. The molecule has 1 atom stereocenters. The molecule has 15 heavy (non-hydrogen) atoms. The lowest BCUT2D eigenvalue weighted by atomic mass is 10.2. The first-order chi connectivity index (χ1) is 7.22. The van der Waals surface area contributed by atoms with Gasteiger partial charge in [0, 0.05) is 10.1 Å². The van der Waals surface area contributed by atoms with E-state index in [0.717, 1.165) is 17.7 Å². The predicted octanol–water partition coefficient (Wildman–Crippen LogP) is 3.42. The maximum Gasteiger partial charge on any atom is 0.304 e. The summed E-state index contributed by atoms with van der Waals surface area (Å²) in [6, 6.07) is 9.97. The molecule has 0 aliphatic rings. The van der Waals surface area contributed by atoms with Gasteiger partial charge in [0.15, 0.2) is 0 Å². The van der Waals surface area contributed by atoms with Gasteiger partial charge in [-0.25, -0.2) is 0 Å². The molecule has 0 aliphatic heterocycles. The largest absolute Gasteiger partial charge is 0.481 e. The molecule has 0 heterocycles. The number of carboxylic acids is 1. The summed E-state index contributed by atoms with van der Waals surface area (Å²) in [5.74, 6) is -0.711. The summed E-state index contributed by atoms with van der Waals surface area (Å²) in [5.41, 5.74) is 0. The zero-order valence-corrected chi connectivity index (χ0v) is 9.67. The van der Waals surface area contributed by atoms with Gasteiger partial charge >= 0.3 is 5.97 Å². The van der Waals surface area contributed by atoms with Gasteiger partial charge in [-0.05, 0) is 18.6 Å². The maximum atomic E-state index is 10.7. The van der Waals surface area contributed by atoms with Gasteiger partial charge in [0.2, 0.25) is 0 Å². The third-order valence-electron chi connectivity index (χ3n) is 2.06. The topological polar surface area (TPSA) is 37.3 Å². The number of thioether (sulfide) groups is 1. The number of hydrogen-bond donors (Lipinski definition) is 1. The van der Waals surface area contributed by atoms with Crippen molar-refractivity contribution < 1.29 is 9.90 Å². The lowest BCUT2D eigenvalue weighted by Gasteiger charge is -2.12. The van der Waals surface area contributed by atoms with Gasteiger partial charge in [-0.2, -0.15) is 0 Å². The van der Waals surface area contributed by atoms with E-state index in [-0.39, 0.29) is 11.7 Å². The fourth-order valence-electron chi connectivity index (χ4n) is 1.41. The molecule has 1 rings (SSSR count). The number of aliphatic carboxylic acids is 1. The molecule has 0 spiro atoms. The summed E-state index contributed by atoms with van der Waals surface area (Å²) in [4.78, 5) is 11.8. The van der Waals surface area contributed by atoms with Crippen LogP contribution in [-0.2, 0) is 4.79 Å².